The van der Waals surface area contributed by atoms with Crippen molar-refractivity contribution in [1.82, 2.24) is 4.98 Å². The summed E-state index contributed by atoms with van der Waals surface area (Å²) in [6.45, 7) is 4.28. The number of esters is 1. The number of benzene rings is 1. The average Bonchev–Trinajstić information content (AvgIpc) is 2.79. The van der Waals surface area contributed by atoms with Crippen molar-refractivity contribution in [2.24, 2.45) is 0 Å². The molecule has 1 heterocycles. The molecule has 5 heteroatoms. The zero-order valence-electron chi connectivity index (χ0n) is 10.9. The first-order chi connectivity index (χ1) is 9.08. The van der Waals surface area contributed by atoms with Crippen LogP contribution in [0.1, 0.15) is 40.3 Å². The number of hydrogen-bond acceptors (Lipinski definition) is 4. The van der Waals surface area contributed by atoms with E-state index >= 15 is 0 Å². The molecule has 0 bridgehead atoms. The zero-order valence-corrected chi connectivity index (χ0v) is 12.6. The molecule has 2 aromatic rings. The molecule has 0 saturated carbocycles. The standard InChI is InChI=1S/C14H16N2O2Se/c1-9(2)11-12(19-14(15)16-11)13(17)18-8-10-6-4-3-5-7-10/h3-7,9H,8H2,1-2H3,(H2,15,16). The molecule has 2 rings (SSSR count). The first-order valence-corrected chi connectivity index (χ1v) is 7.76. The van der Waals surface area contributed by atoms with Crippen LogP contribution < -0.4 is 5.73 Å². The summed E-state index contributed by atoms with van der Waals surface area (Å²) in [6.07, 6.45) is 0. The summed E-state index contributed by atoms with van der Waals surface area (Å²) >= 11 is -0.201. The fraction of sp³-hybridized carbons (Fsp3) is 0.286. The summed E-state index contributed by atoms with van der Waals surface area (Å²) in [7, 11) is 0. The molecule has 0 fully saturated rings. The second kappa shape index (κ2) is 6.04. The Morgan fingerprint density at radius 3 is 2.68 bits per heavy atom. The molecule has 1 aromatic heterocycles. The van der Waals surface area contributed by atoms with Crippen molar-refractivity contribution in [1.29, 1.82) is 0 Å². The molecule has 0 saturated heterocycles. The Morgan fingerprint density at radius 1 is 1.37 bits per heavy atom. The van der Waals surface area contributed by atoms with Crippen LogP contribution in [0.5, 0.6) is 0 Å². The summed E-state index contributed by atoms with van der Waals surface area (Å²) in [5.74, 6) is -0.112. The molecule has 0 radical (unpaired) electrons. The third-order valence-corrected chi connectivity index (χ3v) is 4.46. The number of hydrogen-bond donors (Lipinski definition) is 1. The van der Waals surface area contributed by atoms with E-state index in [2.05, 4.69) is 4.98 Å². The quantitative estimate of drug-likeness (QED) is 0.692. The third kappa shape index (κ3) is 3.46. The van der Waals surface area contributed by atoms with Gasteiger partial charge in [0, 0.05) is 0 Å². The molecule has 0 unspecified atom stereocenters. The van der Waals surface area contributed by atoms with Gasteiger partial charge in [-0.05, 0) is 0 Å². The predicted octanol–water partition coefficient (Wildman–Crippen LogP) is 2.20. The Morgan fingerprint density at radius 2 is 2.05 bits per heavy atom. The normalized spacial score (nSPS) is 10.7. The summed E-state index contributed by atoms with van der Waals surface area (Å²) in [5.41, 5.74) is 7.47. The van der Waals surface area contributed by atoms with E-state index in [1.165, 1.54) is 0 Å². The number of nitrogen functional groups attached to an aromatic ring is 1. The fourth-order valence-corrected chi connectivity index (χ4v) is 3.52. The van der Waals surface area contributed by atoms with Gasteiger partial charge in [-0.25, -0.2) is 0 Å². The second-order valence-corrected chi connectivity index (χ2v) is 6.65. The van der Waals surface area contributed by atoms with E-state index in [0.29, 0.717) is 9.13 Å². The maximum absolute atomic E-state index is 12.1. The van der Waals surface area contributed by atoms with Crippen LogP contribution in [0, 0.1) is 0 Å². The molecular weight excluding hydrogens is 307 g/mol. The second-order valence-electron chi connectivity index (χ2n) is 4.48. The molecule has 0 aliphatic heterocycles. The Labute approximate surface area is 118 Å². The van der Waals surface area contributed by atoms with Crippen LogP contribution in [0.25, 0.3) is 0 Å². The number of rotatable bonds is 4. The van der Waals surface area contributed by atoms with Gasteiger partial charge in [0.25, 0.3) is 0 Å². The third-order valence-electron chi connectivity index (χ3n) is 2.61. The summed E-state index contributed by atoms with van der Waals surface area (Å²) in [5, 5.41) is 0. The minimum absolute atomic E-state index is 0.183. The van der Waals surface area contributed by atoms with Gasteiger partial charge in [0.05, 0.1) is 0 Å². The van der Waals surface area contributed by atoms with Gasteiger partial charge in [-0.1, -0.05) is 0 Å². The van der Waals surface area contributed by atoms with Crippen LogP contribution in [0.2, 0.25) is 0 Å². The zero-order chi connectivity index (χ0) is 13.8. The van der Waals surface area contributed by atoms with Crippen LogP contribution in [-0.4, -0.2) is 25.5 Å². The molecule has 0 aliphatic carbocycles. The van der Waals surface area contributed by atoms with E-state index in [1.54, 1.807) is 0 Å². The van der Waals surface area contributed by atoms with Gasteiger partial charge in [-0.15, -0.1) is 0 Å². The van der Waals surface area contributed by atoms with E-state index in [1.807, 2.05) is 44.2 Å². The van der Waals surface area contributed by atoms with Crippen LogP contribution in [0.15, 0.2) is 30.3 Å². The summed E-state index contributed by atoms with van der Waals surface area (Å²) in [4.78, 5) is 16.3. The number of nitrogens with two attached hydrogens (primary N) is 1. The molecule has 0 amide bonds. The van der Waals surface area contributed by atoms with Crippen molar-refractivity contribution in [2.45, 2.75) is 26.4 Å². The number of carbonyl (C=O) groups is 1. The predicted molar refractivity (Wildman–Crippen MR) is 75.2 cm³/mol. The van der Waals surface area contributed by atoms with Gasteiger partial charge in [0.2, 0.25) is 0 Å². The van der Waals surface area contributed by atoms with Gasteiger partial charge in [-0.2, -0.15) is 0 Å². The maximum atomic E-state index is 12.1. The van der Waals surface area contributed by atoms with Crippen molar-refractivity contribution in [2.75, 3.05) is 5.73 Å². The van der Waals surface area contributed by atoms with Crippen molar-refractivity contribution in [3.8, 4) is 0 Å². The number of aromatic nitrogens is 1. The molecule has 4 nitrogen and oxygen atoms in total. The Bertz CT molecular complexity index is 564. The van der Waals surface area contributed by atoms with E-state index in [0.717, 1.165) is 11.3 Å². The molecule has 2 N–H and O–H groups in total. The summed E-state index contributed by atoms with van der Waals surface area (Å²) in [6, 6.07) is 9.62. The van der Waals surface area contributed by atoms with Crippen molar-refractivity contribution >= 4 is 25.2 Å². The van der Waals surface area contributed by atoms with E-state index < -0.39 is 0 Å². The first kappa shape index (κ1) is 13.8. The van der Waals surface area contributed by atoms with Crippen molar-refractivity contribution < 1.29 is 9.53 Å². The first-order valence-electron chi connectivity index (χ1n) is 6.05. The number of nitrogens with zero attached hydrogens (tertiary/aromatic N) is 1. The summed E-state index contributed by atoms with van der Waals surface area (Å²) < 4.78 is 6.52. The molecule has 100 valence electrons. The number of anilines is 1. The van der Waals surface area contributed by atoms with Crippen molar-refractivity contribution in [3.05, 3.63) is 46.0 Å². The SMILES string of the molecule is CC(C)c1nc(N)[se]c1C(=O)OCc1ccccc1. The van der Waals surface area contributed by atoms with Gasteiger partial charge in [0.1, 0.15) is 0 Å². The van der Waals surface area contributed by atoms with Crippen LogP contribution in [-0.2, 0) is 11.3 Å². The van der Waals surface area contributed by atoms with E-state index in [9.17, 15) is 4.79 Å². The minimum atomic E-state index is -0.295. The Balaban J connectivity index is 2.08. The van der Waals surface area contributed by atoms with Crippen LogP contribution >= 0.6 is 0 Å². The van der Waals surface area contributed by atoms with Gasteiger partial charge >= 0.3 is 118 Å². The molecule has 19 heavy (non-hydrogen) atoms. The molecule has 1 aromatic carbocycles. The molecule has 0 spiro atoms. The van der Waals surface area contributed by atoms with E-state index in [4.69, 9.17) is 10.5 Å². The van der Waals surface area contributed by atoms with Gasteiger partial charge in [0.15, 0.2) is 0 Å². The number of ether oxygens (including phenoxy) is 1. The molecule has 0 atom stereocenters. The van der Waals surface area contributed by atoms with Crippen LogP contribution in [0.3, 0.4) is 0 Å². The fourth-order valence-electron chi connectivity index (χ4n) is 1.68. The van der Waals surface area contributed by atoms with Gasteiger partial charge in [-0.3, -0.25) is 0 Å². The molecular formula is C14H16N2O2Se. The monoisotopic (exact) mass is 324 g/mol. The van der Waals surface area contributed by atoms with Crippen molar-refractivity contribution in [3.63, 3.8) is 0 Å². The molecule has 0 aliphatic rings. The average molecular weight is 323 g/mol. The van der Waals surface area contributed by atoms with Gasteiger partial charge < -0.3 is 0 Å². The van der Waals surface area contributed by atoms with E-state index in [-0.39, 0.29) is 33.0 Å². The Kier molecular flexibility index (Phi) is 4.40. The Hall–Kier alpha value is -1.58. The number of carbonyl (C=O) groups excluding carboxylic acids is 1. The topological polar surface area (TPSA) is 65.2 Å². The van der Waals surface area contributed by atoms with Crippen LogP contribution in [0.4, 0.5) is 4.69 Å².